The SMILES string of the molecule is Cc1ccc(Cl)cc1N(CCCC(=O)N(Cc1ccc(F)cc1)[C@H](C)C(=O)NCC(C)C)S(C)(=O)=O. The highest BCUT2D eigenvalue weighted by Gasteiger charge is 2.27. The van der Waals surface area contributed by atoms with E-state index in [0.717, 1.165) is 11.8 Å². The Morgan fingerprint density at radius 2 is 1.72 bits per heavy atom. The first kappa shape index (κ1) is 29.6. The quantitative estimate of drug-likeness (QED) is 0.429. The Balaban J connectivity index is 2.18. The maximum absolute atomic E-state index is 13.4. The molecule has 0 radical (unpaired) electrons. The maximum atomic E-state index is 13.4. The first-order chi connectivity index (χ1) is 16.8. The molecule has 0 saturated heterocycles. The van der Waals surface area contributed by atoms with Crippen molar-refractivity contribution >= 4 is 39.1 Å². The van der Waals surface area contributed by atoms with E-state index in [2.05, 4.69) is 5.32 Å². The summed E-state index contributed by atoms with van der Waals surface area (Å²) in [4.78, 5) is 27.5. The van der Waals surface area contributed by atoms with Gasteiger partial charge in [-0.25, -0.2) is 12.8 Å². The molecule has 0 bridgehead atoms. The van der Waals surface area contributed by atoms with Crippen LogP contribution in [0, 0.1) is 18.7 Å². The normalized spacial score (nSPS) is 12.3. The fraction of sp³-hybridized carbons (Fsp3) is 0.462. The van der Waals surface area contributed by atoms with Crippen molar-refractivity contribution in [1.82, 2.24) is 10.2 Å². The van der Waals surface area contributed by atoms with Crippen LogP contribution in [0.1, 0.15) is 44.7 Å². The Bertz CT molecular complexity index is 1160. The molecule has 2 aromatic rings. The monoisotopic (exact) mass is 539 g/mol. The summed E-state index contributed by atoms with van der Waals surface area (Å²) in [5, 5.41) is 3.26. The third-order valence-electron chi connectivity index (χ3n) is 5.71. The molecule has 0 aromatic heterocycles. The Morgan fingerprint density at radius 3 is 2.31 bits per heavy atom. The van der Waals surface area contributed by atoms with Gasteiger partial charge in [-0.1, -0.05) is 43.6 Å². The number of benzene rings is 2. The number of halogens is 2. The van der Waals surface area contributed by atoms with E-state index < -0.39 is 21.9 Å². The van der Waals surface area contributed by atoms with Crippen LogP contribution in [0.25, 0.3) is 0 Å². The minimum Gasteiger partial charge on any atom is -0.354 e. The van der Waals surface area contributed by atoms with E-state index in [1.165, 1.54) is 21.3 Å². The van der Waals surface area contributed by atoms with Crippen molar-refractivity contribution in [2.24, 2.45) is 5.92 Å². The van der Waals surface area contributed by atoms with Gasteiger partial charge in [-0.15, -0.1) is 0 Å². The summed E-state index contributed by atoms with van der Waals surface area (Å²) in [6.07, 6.45) is 1.36. The van der Waals surface area contributed by atoms with E-state index >= 15 is 0 Å². The summed E-state index contributed by atoms with van der Waals surface area (Å²) in [6, 6.07) is 10.00. The number of hydrogen-bond acceptors (Lipinski definition) is 4. The van der Waals surface area contributed by atoms with E-state index in [0.29, 0.717) is 22.8 Å². The standard InChI is InChI=1S/C26H35ClFN3O4S/c1-18(2)16-29-26(33)20(4)30(17-21-9-12-23(28)13-10-21)25(32)7-6-14-31(36(5,34)35)24-15-22(27)11-8-19(24)3/h8-13,15,18,20H,6-7,14,16-17H2,1-5H3,(H,29,33)/t20-/m1/s1. The van der Waals surface area contributed by atoms with Crippen LogP contribution in [-0.4, -0.2) is 50.5 Å². The number of nitrogens with one attached hydrogen (secondary N) is 1. The molecule has 0 fully saturated rings. The number of aryl methyl sites for hydroxylation is 1. The molecular formula is C26H35ClFN3O4S. The molecule has 0 unspecified atom stereocenters. The first-order valence-electron chi connectivity index (χ1n) is 11.8. The average molecular weight is 540 g/mol. The van der Waals surface area contributed by atoms with Gasteiger partial charge >= 0.3 is 0 Å². The lowest BCUT2D eigenvalue weighted by Crippen LogP contribution is -2.48. The second-order valence-corrected chi connectivity index (χ2v) is 11.7. The van der Waals surface area contributed by atoms with Crippen molar-refractivity contribution in [3.8, 4) is 0 Å². The zero-order valence-electron chi connectivity index (χ0n) is 21.4. The summed E-state index contributed by atoms with van der Waals surface area (Å²) >= 11 is 6.09. The van der Waals surface area contributed by atoms with Crippen molar-refractivity contribution in [3.63, 3.8) is 0 Å². The number of sulfonamides is 1. The predicted octanol–water partition coefficient (Wildman–Crippen LogP) is 4.52. The molecule has 0 saturated carbocycles. The molecule has 0 spiro atoms. The van der Waals surface area contributed by atoms with Gasteiger partial charge in [-0.05, 0) is 61.6 Å². The van der Waals surface area contributed by atoms with Gasteiger partial charge in [-0.2, -0.15) is 0 Å². The number of amides is 2. The maximum Gasteiger partial charge on any atom is 0.242 e. The lowest BCUT2D eigenvalue weighted by Gasteiger charge is -2.30. The third kappa shape index (κ3) is 8.78. The summed E-state index contributed by atoms with van der Waals surface area (Å²) in [6.45, 7) is 8.06. The summed E-state index contributed by atoms with van der Waals surface area (Å²) in [5.41, 5.74) is 1.88. The van der Waals surface area contributed by atoms with Crippen LogP contribution in [0.2, 0.25) is 5.02 Å². The zero-order chi connectivity index (χ0) is 27.0. The van der Waals surface area contributed by atoms with Crippen molar-refractivity contribution < 1.29 is 22.4 Å². The highest BCUT2D eigenvalue weighted by Crippen LogP contribution is 2.27. The van der Waals surface area contributed by atoms with Crippen LogP contribution in [0.15, 0.2) is 42.5 Å². The summed E-state index contributed by atoms with van der Waals surface area (Å²) in [5.74, 6) is -0.731. The van der Waals surface area contributed by atoms with E-state index in [9.17, 15) is 22.4 Å². The molecule has 0 aliphatic carbocycles. The Kier molecular flexibility index (Phi) is 10.7. The van der Waals surface area contributed by atoms with Crippen LogP contribution >= 0.6 is 11.6 Å². The second-order valence-electron chi connectivity index (χ2n) is 9.33. The molecule has 1 N–H and O–H groups in total. The fourth-order valence-electron chi connectivity index (χ4n) is 3.66. The smallest absolute Gasteiger partial charge is 0.242 e. The van der Waals surface area contributed by atoms with Crippen molar-refractivity contribution in [1.29, 1.82) is 0 Å². The zero-order valence-corrected chi connectivity index (χ0v) is 23.0. The lowest BCUT2D eigenvalue weighted by molar-refractivity contribution is -0.140. The van der Waals surface area contributed by atoms with E-state index in [1.54, 1.807) is 44.2 Å². The average Bonchev–Trinajstić information content (AvgIpc) is 2.80. The van der Waals surface area contributed by atoms with E-state index in [-0.39, 0.29) is 43.7 Å². The topological polar surface area (TPSA) is 86.8 Å². The number of rotatable bonds is 12. The van der Waals surface area contributed by atoms with E-state index in [4.69, 9.17) is 11.6 Å². The second kappa shape index (κ2) is 13.1. The van der Waals surface area contributed by atoms with Gasteiger partial charge in [0, 0.05) is 31.1 Å². The molecule has 2 rings (SSSR count). The minimum absolute atomic E-state index is 0.0224. The minimum atomic E-state index is -3.62. The van der Waals surface area contributed by atoms with Crippen molar-refractivity contribution in [2.75, 3.05) is 23.7 Å². The largest absolute Gasteiger partial charge is 0.354 e. The number of hydrogen-bond donors (Lipinski definition) is 1. The molecule has 0 heterocycles. The molecular weight excluding hydrogens is 505 g/mol. The fourth-order valence-corrected chi connectivity index (χ4v) is 4.84. The van der Waals surface area contributed by atoms with Gasteiger partial charge in [0.25, 0.3) is 0 Å². The summed E-state index contributed by atoms with van der Waals surface area (Å²) < 4.78 is 39.6. The predicted molar refractivity (Wildman–Crippen MR) is 142 cm³/mol. The van der Waals surface area contributed by atoms with Gasteiger partial charge in [0.2, 0.25) is 21.8 Å². The highest BCUT2D eigenvalue weighted by atomic mass is 35.5. The lowest BCUT2D eigenvalue weighted by atomic mass is 10.1. The third-order valence-corrected chi connectivity index (χ3v) is 7.13. The van der Waals surface area contributed by atoms with Crippen LogP contribution in [0.5, 0.6) is 0 Å². The Labute approximate surface area is 218 Å². The molecule has 36 heavy (non-hydrogen) atoms. The summed E-state index contributed by atoms with van der Waals surface area (Å²) in [7, 11) is -3.62. The molecule has 2 amide bonds. The van der Waals surface area contributed by atoms with Crippen LogP contribution in [0.4, 0.5) is 10.1 Å². The molecule has 0 aliphatic rings. The first-order valence-corrected chi connectivity index (χ1v) is 14.1. The van der Waals surface area contributed by atoms with Gasteiger partial charge in [-0.3, -0.25) is 13.9 Å². The van der Waals surface area contributed by atoms with Gasteiger partial charge in [0.05, 0.1) is 11.9 Å². The molecule has 0 aliphatic heterocycles. The van der Waals surface area contributed by atoms with Crippen molar-refractivity contribution in [3.05, 3.63) is 64.4 Å². The Hall–Kier alpha value is -2.65. The number of anilines is 1. The molecule has 10 heteroatoms. The highest BCUT2D eigenvalue weighted by molar-refractivity contribution is 7.92. The van der Waals surface area contributed by atoms with E-state index in [1.807, 2.05) is 13.8 Å². The van der Waals surface area contributed by atoms with Crippen molar-refractivity contribution in [2.45, 2.75) is 53.1 Å². The molecule has 7 nitrogen and oxygen atoms in total. The molecule has 2 aromatic carbocycles. The molecule has 1 atom stereocenters. The van der Waals surface area contributed by atoms with Gasteiger partial charge in [0.1, 0.15) is 11.9 Å². The van der Waals surface area contributed by atoms with Crippen LogP contribution in [-0.2, 0) is 26.2 Å². The molecule has 198 valence electrons. The van der Waals surface area contributed by atoms with Gasteiger partial charge in [0.15, 0.2) is 0 Å². The van der Waals surface area contributed by atoms with Crippen LogP contribution in [0.3, 0.4) is 0 Å². The van der Waals surface area contributed by atoms with Gasteiger partial charge < -0.3 is 10.2 Å². The number of carbonyl (C=O) groups is 2. The number of carbonyl (C=O) groups excluding carboxylic acids is 2. The van der Waals surface area contributed by atoms with Crippen LogP contribution < -0.4 is 9.62 Å². The number of nitrogens with zero attached hydrogens (tertiary/aromatic N) is 2. The Morgan fingerprint density at radius 1 is 1.08 bits per heavy atom.